The molecule has 0 aliphatic heterocycles. The number of aromatic nitrogens is 1. The van der Waals surface area contributed by atoms with E-state index in [9.17, 15) is 0 Å². The zero-order chi connectivity index (χ0) is 3.70. The fraction of sp³-hybridized carbons (Fsp3) is 1.00. The molecule has 30 valence electrons. The molecule has 1 aromatic rings. The highest BCUT2D eigenvalue weighted by Crippen LogP contribution is 2.28. The third kappa shape index (κ3) is 0.586. The van der Waals surface area contributed by atoms with Crippen molar-refractivity contribution in [1.29, 1.82) is 0 Å². The van der Waals surface area contributed by atoms with Gasteiger partial charge in [0, 0.05) is 6.16 Å². The minimum atomic E-state index is -0.0983. The first-order chi connectivity index (χ1) is 2.43. The number of nitrogens with one attached hydrogen (secondary N) is 1. The number of aromatic amines is 1. The van der Waals surface area contributed by atoms with Crippen molar-refractivity contribution in [3.05, 3.63) is 0 Å². The summed E-state index contributed by atoms with van der Waals surface area (Å²) in [4.78, 5) is 2.75. The van der Waals surface area contributed by atoms with Gasteiger partial charge in [0.25, 0.3) is 0 Å². The Morgan fingerprint density at radius 2 is 2.60 bits per heavy atom. The summed E-state index contributed by atoms with van der Waals surface area (Å²) in [5.41, 5.74) is 0. The lowest BCUT2D eigenvalue weighted by Gasteiger charge is -1.55. The molecule has 0 spiro atoms. The maximum Gasteiger partial charge on any atom is 0.176 e. The molecule has 1 unspecified atom stereocenters. The lowest BCUT2D eigenvalue weighted by Crippen LogP contribution is -1.36. The van der Waals surface area contributed by atoms with Crippen LogP contribution in [0.25, 0.3) is 0 Å². The fourth-order valence-corrected chi connectivity index (χ4v) is 0.647. The van der Waals surface area contributed by atoms with Crippen LogP contribution in [0.3, 0.4) is 0 Å². The van der Waals surface area contributed by atoms with E-state index in [1.54, 1.807) is 0 Å². The topological polar surface area (TPSA) is 28.9 Å². The van der Waals surface area contributed by atoms with Crippen molar-refractivity contribution in [2.75, 3.05) is 0 Å². The van der Waals surface area contributed by atoms with Gasteiger partial charge in [0.2, 0.25) is 0 Å². The van der Waals surface area contributed by atoms with Crippen molar-refractivity contribution in [3.63, 3.8) is 0 Å². The van der Waals surface area contributed by atoms with Gasteiger partial charge in [-0.15, -0.1) is 0 Å². The molecule has 1 aromatic heterocycles. The van der Waals surface area contributed by atoms with Crippen molar-refractivity contribution >= 4 is 7.93 Å². The van der Waals surface area contributed by atoms with Crippen molar-refractivity contribution in [2.24, 2.45) is 0 Å². The second kappa shape index (κ2) is 0.942. The summed E-state index contributed by atoms with van der Waals surface area (Å²) in [7, 11) is -0.0983. The highest BCUT2D eigenvalue weighted by Gasteiger charge is 1.90. The molecule has 2 nitrogen and oxygen atoms in total. The Balaban J connectivity index is 2.35. The van der Waals surface area contributed by atoms with Crippen LogP contribution in [0.2, 0.25) is 0 Å². The number of hydrogen-bond acceptors (Lipinski definition) is 1. The molecule has 0 aromatic carbocycles. The maximum absolute atomic E-state index is 4.67. The highest BCUT2D eigenvalue weighted by atomic mass is 31.1. The number of hydrogen-bond donors (Lipinski definition) is 1. The Hall–Kier alpha value is -0.100. The number of H-pyrrole nitrogens is 1. The van der Waals surface area contributed by atoms with Gasteiger partial charge in [-0.05, 0) is 0 Å². The molecule has 0 aliphatic rings. The molecule has 1 N–H and O–H groups in total. The van der Waals surface area contributed by atoms with E-state index in [0.29, 0.717) is 0 Å². The Labute approximate surface area is 31.3 Å². The summed E-state index contributed by atoms with van der Waals surface area (Å²) < 4.78 is 4.67. The average Bonchev–Trinajstić information content (AvgIpc) is 2.12. The maximum atomic E-state index is 4.67. The normalized spacial score (nSPS) is 13.4. The van der Waals surface area contributed by atoms with Gasteiger partial charge in [-0.1, -0.05) is 6.92 Å². The van der Waals surface area contributed by atoms with Crippen molar-refractivity contribution in [2.45, 2.75) is 13.1 Å². The van der Waals surface area contributed by atoms with Gasteiger partial charge in [0.15, 0.2) is 7.93 Å². The minimum Gasteiger partial charge on any atom is -0.351 e. The zero-order valence-electron chi connectivity index (χ0n) is 3.06. The van der Waals surface area contributed by atoms with Gasteiger partial charge in [-0.3, -0.25) is 0 Å². The van der Waals surface area contributed by atoms with E-state index in [2.05, 4.69) is 16.1 Å². The number of rotatable bonds is 1. The Morgan fingerprint density at radius 3 is 2.60 bits per heavy atom. The summed E-state index contributed by atoms with van der Waals surface area (Å²) in [6.45, 7) is 2.10. The molecule has 0 saturated heterocycles. The van der Waals surface area contributed by atoms with Crippen LogP contribution in [0.4, 0.5) is 0 Å². The van der Waals surface area contributed by atoms with Crippen molar-refractivity contribution < 1.29 is 4.30 Å². The van der Waals surface area contributed by atoms with Gasteiger partial charge in [0.05, 0.1) is 0 Å². The summed E-state index contributed by atoms with van der Waals surface area (Å²) >= 11 is 0. The third-order valence-corrected chi connectivity index (χ3v) is 1.52. The lowest BCUT2D eigenvalue weighted by atomic mass is 11.0. The first kappa shape index (κ1) is 3.10. The van der Waals surface area contributed by atoms with Crippen LogP contribution >= 0.6 is 7.93 Å². The van der Waals surface area contributed by atoms with E-state index in [0.717, 1.165) is 6.16 Å². The zero-order valence-corrected chi connectivity index (χ0v) is 3.96. The van der Waals surface area contributed by atoms with Gasteiger partial charge in [-0.25, -0.2) is 0 Å². The van der Waals surface area contributed by atoms with E-state index in [1.807, 2.05) is 0 Å². The van der Waals surface area contributed by atoms with Crippen LogP contribution in [0.15, 0.2) is 4.30 Å². The van der Waals surface area contributed by atoms with E-state index in [1.165, 1.54) is 0 Å². The van der Waals surface area contributed by atoms with Crippen LogP contribution in [0.5, 0.6) is 0 Å². The van der Waals surface area contributed by atoms with Gasteiger partial charge in [0.1, 0.15) is 0 Å². The Morgan fingerprint density at radius 1 is 2.00 bits per heavy atom. The molecular formula is C2H6NOP. The minimum absolute atomic E-state index is 0.0983. The van der Waals surface area contributed by atoms with Gasteiger partial charge < -0.3 is 4.30 Å². The summed E-state index contributed by atoms with van der Waals surface area (Å²) in [5, 5.41) is 0. The van der Waals surface area contributed by atoms with Crippen LogP contribution in [0.1, 0.15) is 6.92 Å². The SMILES string of the molecule is CCp1[nH]o1. The largest absolute Gasteiger partial charge is 0.351 e. The third-order valence-electron chi connectivity index (χ3n) is 0.508. The van der Waals surface area contributed by atoms with Gasteiger partial charge >= 0.3 is 0 Å². The van der Waals surface area contributed by atoms with E-state index >= 15 is 0 Å². The molecule has 0 amide bonds. The van der Waals surface area contributed by atoms with E-state index in [-0.39, 0.29) is 7.93 Å². The number of aryl methyl sites for hydroxylation is 1. The molecular weight excluding hydrogens is 85.0 g/mol. The predicted octanol–water partition coefficient (Wildman–Crippen LogP) is 1.61. The fourth-order valence-electron chi connectivity index (χ4n) is 0.158. The van der Waals surface area contributed by atoms with Gasteiger partial charge in [-0.2, -0.15) is 4.92 Å². The molecule has 0 radical (unpaired) electrons. The van der Waals surface area contributed by atoms with Crippen LogP contribution in [-0.4, -0.2) is 4.92 Å². The standard InChI is InChI=1S/C2H6NOP/c1-2-5-3-4-5/h3H,2H2,1H3. The monoisotopic (exact) mass is 91.0 g/mol. The predicted molar refractivity (Wildman–Crippen MR) is 21.4 cm³/mol. The first-order valence-corrected chi connectivity index (χ1v) is 3.08. The first-order valence-electron chi connectivity index (χ1n) is 1.63. The Bertz CT molecular complexity index is 78.1. The molecule has 1 atom stereocenters. The van der Waals surface area contributed by atoms with Crippen LogP contribution < -0.4 is 0 Å². The smallest absolute Gasteiger partial charge is 0.176 e. The average molecular weight is 91.0 g/mol. The summed E-state index contributed by atoms with van der Waals surface area (Å²) in [6.07, 6.45) is 1.15. The molecule has 0 saturated carbocycles. The molecule has 5 heavy (non-hydrogen) atoms. The lowest BCUT2D eigenvalue weighted by molar-refractivity contribution is 0.627. The highest BCUT2D eigenvalue weighted by molar-refractivity contribution is 7.40. The molecule has 0 fully saturated rings. The molecule has 0 bridgehead atoms. The van der Waals surface area contributed by atoms with Crippen molar-refractivity contribution in [1.82, 2.24) is 4.92 Å². The molecule has 3 heteroatoms. The second-order valence-electron chi connectivity index (χ2n) is 0.877. The Kier molecular flexibility index (Phi) is 0.585. The van der Waals surface area contributed by atoms with Crippen LogP contribution in [0, 0.1) is 0 Å². The quantitative estimate of drug-likeness (QED) is 0.558. The van der Waals surface area contributed by atoms with E-state index in [4.69, 9.17) is 0 Å². The second-order valence-corrected chi connectivity index (χ2v) is 2.63. The van der Waals surface area contributed by atoms with Crippen molar-refractivity contribution in [3.8, 4) is 0 Å². The molecule has 1 heterocycles. The summed E-state index contributed by atoms with van der Waals surface area (Å²) in [5.74, 6) is 0. The van der Waals surface area contributed by atoms with Crippen LogP contribution in [-0.2, 0) is 6.16 Å². The summed E-state index contributed by atoms with van der Waals surface area (Å²) in [6, 6.07) is 0. The molecule has 1 rings (SSSR count). The molecule has 0 aliphatic carbocycles. The van der Waals surface area contributed by atoms with E-state index < -0.39 is 0 Å².